The van der Waals surface area contributed by atoms with Gasteiger partial charge in [0.15, 0.2) is 0 Å². The lowest BCUT2D eigenvalue weighted by molar-refractivity contribution is -0.120. The molecule has 160 valence electrons. The number of nitriles is 1. The van der Waals surface area contributed by atoms with Crippen molar-refractivity contribution in [3.63, 3.8) is 0 Å². The Morgan fingerprint density at radius 2 is 2.03 bits per heavy atom. The molecule has 1 aromatic heterocycles. The number of fused-ring (bicyclic) bond motifs is 1. The summed E-state index contributed by atoms with van der Waals surface area (Å²) in [5.74, 6) is -1.15. The van der Waals surface area contributed by atoms with Gasteiger partial charge in [0, 0.05) is 24.9 Å². The molecule has 3 aromatic rings. The van der Waals surface area contributed by atoms with Gasteiger partial charge in [0.2, 0.25) is 5.82 Å². The number of aryl methyl sites for hydroxylation is 1. The maximum absolute atomic E-state index is 13.3. The van der Waals surface area contributed by atoms with Crippen LogP contribution in [0.5, 0.6) is 5.75 Å². The van der Waals surface area contributed by atoms with Crippen LogP contribution in [0.25, 0.3) is 11.3 Å². The molecule has 1 N–H and O–H groups in total. The monoisotopic (exact) mass is 431 g/mol. The number of likely N-dealkylation sites (N-methyl/N-ethyl adjacent to an activating group) is 1. The lowest BCUT2D eigenvalue weighted by Crippen LogP contribution is -2.49. The largest absolute Gasteiger partial charge is 0.489 e. The fourth-order valence-electron chi connectivity index (χ4n) is 3.35. The molecule has 2 amide bonds. The van der Waals surface area contributed by atoms with Crippen molar-refractivity contribution in [1.82, 2.24) is 15.3 Å². The van der Waals surface area contributed by atoms with E-state index in [-0.39, 0.29) is 24.2 Å². The predicted octanol–water partition coefficient (Wildman–Crippen LogP) is 2.62. The number of anilines is 1. The summed E-state index contributed by atoms with van der Waals surface area (Å²) in [6, 6.07) is 11.5. The van der Waals surface area contributed by atoms with Gasteiger partial charge in [0.1, 0.15) is 24.2 Å². The van der Waals surface area contributed by atoms with Gasteiger partial charge in [-0.1, -0.05) is 0 Å². The number of hydrogen-bond donors (Lipinski definition) is 1. The van der Waals surface area contributed by atoms with E-state index >= 15 is 0 Å². The zero-order valence-electron chi connectivity index (χ0n) is 17.3. The topological polar surface area (TPSA) is 108 Å². The second-order valence-corrected chi connectivity index (χ2v) is 7.26. The molecule has 0 radical (unpaired) electrons. The van der Waals surface area contributed by atoms with E-state index in [9.17, 15) is 14.0 Å². The van der Waals surface area contributed by atoms with Crippen molar-refractivity contribution in [3.8, 4) is 23.1 Å². The minimum absolute atomic E-state index is 0.118. The van der Waals surface area contributed by atoms with Crippen LogP contribution in [0.3, 0.4) is 0 Å². The average Bonchev–Trinajstić information content (AvgIpc) is 2.91. The Bertz CT molecular complexity index is 1250. The Hall–Kier alpha value is -4.32. The number of hydrogen-bond acceptors (Lipinski definition) is 6. The van der Waals surface area contributed by atoms with Crippen LogP contribution < -0.4 is 15.0 Å². The van der Waals surface area contributed by atoms with E-state index in [1.807, 2.05) is 6.07 Å². The van der Waals surface area contributed by atoms with Crippen LogP contribution in [0.2, 0.25) is 0 Å². The summed E-state index contributed by atoms with van der Waals surface area (Å²) in [7, 11) is 1.57. The van der Waals surface area contributed by atoms with Gasteiger partial charge in [-0.3, -0.25) is 9.59 Å². The minimum Gasteiger partial charge on any atom is -0.489 e. The van der Waals surface area contributed by atoms with Crippen LogP contribution in [0.15, 0.2) is 48.7 Å². The average molecular weight is 431 g/mol. The van der Waals surface area contributed by atoms with Crippen molar-refractivity contribution in [3.05, 3.63) is 71.4 Å². The number of carbonyl (C=O) groups excluding carboxylic acids is 2. The Kier molecular flexibility index (Phi) is 5.52. The van der Waals surface area contributed by atoms with E-state index in [0.29, 0.717) is 33.8 Å². The first kappa shape index (κ1) is 20.9. The van der Waals surface area contributed by atoms with Crippen LogP contribution in [0, 0.1) is 24.1 Å². The predicted molar refractivity (Wildman–Crippen MR) is 113 cm³/mol. The normalized spacial score (nSPS) is 15.2. The number of ether oxygens (including phenoxy) is 1. The first-order chi connectivity index (χ1) is 15.4. The molecule has 0 unspecified atom stereocenters. The number of benzene rings is 2. The summed E-state index contributed by atoms with van der Waals surface area (Å²) in [5, 5.41) is 11.7. The highest BCUT2D eigenvalue weighted by atomic mass is 19.1. The van der Waals surface area contributed by atoms with Crippen molar-refractivity contribution in [1.29, 1.82) is 5.26 Å². The van der Waals surface area contributed by atoms with Gasteiger partial charge in [0.25, 0.3) is 11.8 Å². The van der Waals surface area contributed by atoms with E-state index in [0.717, 1.165) is 0 Å². The van der Waals surface area contributed by atoms with Crippen molar-refractivity contribution in [2.75, 3.05) is 18.6 Å². The molecule has 8 nitrogen and oxygen atoms in total. The quantitative estimate of drug-likeness (QED) is 0.683. The molecular weight excluding hydrogens is 413 g/mol. The van der Waals surface area contributed by atoms with E-state index in [1.165, 1.54) is 23.2 Å². The molecule has 32 heavy (non-hydrogen) atoms. The summed E-state index contributed by atoms with van der Waals surface area (Å²) in [6.45, 7) is 1.66. The number of nitrogens with zero attached hydrogens (tertiary/aromatic N) is 4. The van der Waals surface area contributed by atoms with Gasteiger partial charge < -0.3 is 15.0 Å². The summed E-state index contributed by atoms with van der Waals surface area (Å²) in [6.07, 6.45) is 1.50. The molecule has 1 atom stereocenters. The number of nitrogens with one attached hydrogen (secondary N) is 1. The summed E-state index contributed by atoms with van der Waals surface area (Å²) >= 11 is 0. The van der Waals surface area contributed by atoms with E-state index < -0.39 is 11.9 Å². The fraction of sp³-hybridized carbons (Fsp3) is 0.174. The molecule has 0 aliphatic carbocycles. The minimum atomic E-state index is -0.982. The molecule has 0 fully saturated rings. The molecule has 0 spiro atoms. The molecule has 2 aromatic carbocycles. The smallest absolute Gasteiger partial charge is 0.289 e. The lowest BCUT2D eigenvalue weighted by Gasteiger charge is -2.20. The summed E-state index contributed by atoms with van der Waals surface area (Å²) in [4.78, 5) is 35.5. The Morgan fingerprint density at radius 3 is 2.75 bits per heavy atom. The molecule has 1 aliphatic heterocycles. The highest BCUT2D eigenvalue weighted by Gasteiger charge is 2.31. The van der Waals surface area contributed by atoms with Crippen LogP contribution in [0.1, 0.15) is 21.7 Å². The molecular formula is C23H18FN5O3. The van der Waals surface area contributed by atoms with Crippen LogP contribution >= 0.6 is 0 Å². The van der Waals surface area contributed by atoms with Crippen LogP contribution in [-0.2, 0) is 4.79 Å². The molecule has 1 aliphatic rings. The number of carbonyl (C=O) groups is 2. The molecule has 0 saturated carbocycles. The number of aromatic nitrogens is 2. The molecule has 2 heterocycles. The number of rotatable bonds is 3. The van der Waals surface area contributed by atoms with E-state index in [4.69, 9.17) is 10.00 Å². The second kappa shape index (κ2) is 8.43. The standard InChI is InChI=1S/C23H18FN5O3/c1-13-11-26-21(28-20(13)15-4-6-16(24)7-5-15)22(30)27-17-12-32-19-9-14(10-25)3-8-18(19)29(2)23(17)31/h3-9,11,17H,12H2,1-2H3,(H,27,30)/t17-/m0/s1. The van der Waals surface area contributed by atoms with Crippen LogP contribution in [-0.4, -0.2) is 41.5 Å². The van der Waals surface area contributed by atoms with E-state index in [1.54, 1.807) is 44.3 Å². The molecule has 0 bridgehead atoms. The summed E-state index contributed by atoms with van der Waals surface area (Å²) < 4.78 is 19.0. The zero-order valence-corrected chi connectivity index (χ0v) is 17.3. The highest BCUT2D eigenvalue weighted by Crippen LogP contribution is 2.31. The zero-order chi connectivity index (χ0) is 22.8. The fourth-order valence-corrected chi connectivity index (χ4v) is 3.35. The van der Waals surface area contributed by atoms with Gasteiger partial charge in [-0.2, -0.15) is 5.26 Å². The second-order valence-electron chi connectivity index (χ2n) is 7.26. The first-order valence-corrected chi connectivity index (χ1v) is 9.72. The van der Waals surface area contributed by atoms with Gasteiger partial charge in [-0.25, -0.2) is 14.4 Å². The number of amides is 2. The number of halogens is 1. The summed E-state index contributed by atoms with van der Waals surface area (Å²) in [5.41, 5.74) is 2.73. The highest BCUT2D eigenvalue weighted by molar-refractivity contribution is 6.02. The lowest BCUT2D eigenvalue weighted by atomic mass is 10.1. The third-order valence-corrected chi connectivity index (χ3v) is 5.08. The SMILES string of the molecule is Cc1cnc(C(=O)N[C@H]2COc3cc(C#N)ccc3N(C)C2=O)nc1-c1ccc(F)cc1. The Morgan fingerprint density at radius 1 is 1.28 bits per heavy atom. The molecule has 4 rings (SSSR count). The maximum atomic E-state index is 13.3. The van der Waals surface area contributed by atoms with E-state index in [2.05, 4.69) is 15.3 Å². The maximum Gasteiger partial charge on any atom is 0.289 e. The van der Waals surface area contributed by atoms with Gasteiger partial charge >= 0.3 is 0 Å². The van der Waals surface area contributed by atoms with Gasteiger partial charge in [-0.15, -0.1) is 0 Å². The first-order valence-electron chi connectivity index (χ1n) is 9.72. The molecule has 0 saturated heterocycles. The van der Waals surface area contributed by atoms with Crippen molar-refractivity contribution in [2.45, 2.75) is 13.0 Å². The van der Waals surface area contributed by atoms with Gasteiger partial charge in [-0.05, 0) is 48.9 Å². The third kappa shape index (κ3) is 3.98. The van der Waals surface area contributed by atoms with Crippen molar-refractivity contribution in [2.24, 2.45) is 0 Å². The van der Waals surface area contributed by atoms with Crippen molar-refractivity contribution < 1.29 is 18.7 Å². The third-order valence-electron chi connectivity index (χ3n) is 5.08. The Balaban J connectivity index is 1.56. The Labute approximate surface area is 183 Å². The van der Waals surface area contributed by atoms with Gasteiger partial charge in [0.05, 0.1) is 23.0 Å². The van der Waals surface area contributed by atoms with Crippen molar-refractivity contribution >= 4 is 17.5 Å². The molecule has 9 heteroatoms. The van der Waals surface area contributed by atoms with Crippen LogP contribution in [0.4, 0.5) is 10.1 Å².